The van der Waals surface area contributed by atoms with Crippen molar-refractivity contribution in [2.24, 2.45) is 0 Å². The van der Waals surface area contributed by atoms with E-state index in [1.165, 1.54) is 4.90 Å². The van der Waals surface area contributed by atoms with Crippen molar-refractivity contribution in [1.82, 2.24) is 0 Å². The number of rotatable bonds is 2. The van der Waals surface area contributed by atoms with Crippen molar-refractivity contribution < 1.29 is 19.4 Å². The van der Waals surface area contributed by atoms with Gasteiger partial charge in [-0.15, -0.1) is 0 Å². The van der Waals surface area contributed by atoms with Gasteiger partial charge in [-0.1, -0.05) is 15.9 Å². The van der Waals surface area contributed by atoms with Gasteiger partial charge in [-0.05, 0) is 37.6 Å². The van der Waals surface area contributed by atoms with E-state index < -0.39 is 24.2 Å². The van der Waals surface area contributed by atoms with E-state index in [0.29, 0.717) is 5.69 Å². The predicted octanol–water partition coefficient (Wildman–Crippen LogP) is 2.56. The van der Waals surface area contributed by atoms with E-state index in [1.54, 1.807) is 25.1 Å². The average Bonchev–Trinajstić information content (AvgIpc) is 2.57. The highest BCUT2D eigenvalue weighted by Crippen LogP contribution is 2.30. The second-order valence-corrected chi connectivity index (χ2v) is 5.03. The van der Waals surface area contributed by atoms with Crippen molar-refractivity contribution in [3.63, 3.8) is 0 Å². The maximum atomic E-state index is 11.7. The molecule has 1 heterocycles. The van der Waals surface area contributed by atoms with E-state index in [0.717, 1.165) is 10.0 Å². The molecule has 18 heavy (non-hydrogen) atoms. The Balaban J connectivity index is 2.43. The van der Waals surface area contributed by atoms with Crippen LogP contribution in [0, 0.1) is 6.92 Å². The molecule has 1 saturated heterocycles. The topological polar surface area (TPSA) is 66.8 Å². The minimum atomic E-state index is -1.08. The van der Waals surface area contributed by atoms with E-state index in [1.807, 2.05) is 6.92 Å². The first-order valence-corrected chi connectivity index (χ1v) is 6.20. The summed E-state index contributed by atoms with van der Waals surface area (Å²) in [4.78, 5) is 24.1. The second-order valence-electron chi connectivity index (χ2n) is 4.18. The molecule has 1 N–H and O–H groups in total. The van der Waals surface area contributed by atoms with Gasteiger partial charge in [-0.2, -0.15) is 0 Å². The molecule has 1 aliphatic heterocycles. The fraction of sp³-hybridized carbons (Fsp3) is 0.333. The van der Waals surface area contributed by atoms with Gasteiger partial charge in [0.2, 0.25) is 0 Å². The predicted molar refractivity (Wildman–Crippen MR) is 68.7 cm³/mol. The largest absolute Gasteiger partial charge is 0.480 e. The molecule has 0 saturated carbocycles. The molecule has 1 aromatic rings. The van der Waals surface area contributed by atoms with Gasteiger partial charge < -0.3 is 9.84 Å². The molecule has 96 valence electrons. The lowest BCUT2D eigenvalue weighted by Gasteiger charge is -2.20. The van der Waals surface area contributed by atoms with Gasteiger partial charge in [-0.3, -0.25) is 4.90 Å². The van der Waals surface area contributed by atoms with Gasteiger partial charge in [0.05, 0.1) is 0 Å². The molecule has 1 aliphatic rings. The van der Waals surface area contributed by atoms with Gasteiger partial charge in [0, 0.05) is 10.2 Å². The Bertz CT molecular complexity index is 517. The molecule has 6 heteroatoms. The standard InChI is InChI=1S/C12H12BrNO4/c1-6-5-8(3-4-9(6)13)14-10(11(15)16)7(2)18-12(14)17/h3-5,7,10H,1-2H3,(H,15,16). The summed E-state index contributed by atoms with van der Waals surface area (Å²) in [5.74, 6) is -1.08. The summed E-state index contributed by atoms with van der Waals surface area (Å²) in [6.07, 6.45) is -1.30. The first-order valence-electron chi connectivity index (χ1n) is 5.40. The molecule has 0 bridgehead atoms. The van der Waals surface area contributed by atoms with Crippen LogP contribution in [0.2, 0.25) is 0 Å². The van der Waals surface area contributed by atoms with Gasteiger partial charge in [0.1, 0.15) is 6.10 Å². The molecule has 2 unspecified atom stereocenters. The molecule has 0 aliphatic carbocycles. The average molecular weight is 314 g/mol. The molecular weight excluding hydrogens is 302 g/mol. The number of cyclic esters (lactones) is 1. The number of aryl methyl sites for hydroxylation is 1. The molecule has 1 amide bonds. The number of benzene rings is 1. The van der Waals surface area contributed by atoms with Crippen molar-refractivity contribution in [3.8, 4) is 0 Å². The van der Waals surface area contributed by atoms with Crippen LogP contribution in [-0.4, -0.2) is 29.3 Å². The van der Waals surface area contributed by atoms with Crippen molar-refractivity contribution in [3.05, 3.63) is 28.2 Å². The van der Waals surface area contributed by atoms with Crippen LogP contribution in [0.5, 0.6) is 0 Å². The van der Waals surface area contributed by atoms with E-state index in [4.69, 9.17) is 4.74 Å². The van der Waals surface area contributed by atoms with Crippen LogP contribution in [0.25, 0.3) is 0 Å². The smallest absolute Gasteiger partial charge is 0.415 e. The highest BCUT2D eigenvalue weighted by Gasteiger charge is 2.44. The lowest BCUT2D eigenvalue weighted by atomic mass is 10.1. The number of anilines is 1. The maximum absolute atomic E-state index is 11.7. The Hall–Kier alpha value is -1.56. The fourth-order valence-electron chi connectivity index (χ4n) is 1.96. The third kappa shape index (κ3) is 2.08. The number of carbonyl (C=O) groups excluding carboxylic acids is 1. The van der Waals surface area contributed by atoms with Crippen LogP contribution in [0.15, 0.2) is 22.7 Å². The number of hydrogen-bond acceptors (Lipinski definition) is 3. The number of nitrogens with zero attached hydrogens (tertiary/aromatic N) is 1. The summed E-state index contributed by atoms with van der Waals surface area (Å²) in [6, 6.07) is 4.23. The molecule has 2 atom stereocenters. The minimum absolute atomic E-state index is 0.525. The quantitative estimate of drug-likeness (QED) is 0.911. The molecule has 0 spiro atoms. The number of hydrogen-bond donors (Lipinski definition) is 1. The lowest BCUT2D eigenvalue weighted by Crippen LogP contribution is -2.42. The zero-order valence-electron chi connectivity index (χ0n) is 9.88. The van der Waals surface area contributed by atoms with Crippen LogP contribution >= 0.6 is 15.9 Å². The number of carboxylic acids is 1. The van der Waals surface area contributed by atoms with Crippen molar-refractivity contribution >= 4 is 33.7 Å². The molecule has 0 aromatic heterocycles. The van der Waals surface area contributed by atoms with E-state index in [9.17, 15) is 14.7 Å². The number of carboxylic acid groups (broad SMARTS) is 1. The van der Waals surface area contributed by atoms with Crippen LogP contribution in [0.1, 0.15) is 12.5 Å². The Kier molecular flexibility index (Phi) is 3.30. The second kappa shape index (κ2) is 4.61. The molecular formula is C12H12BrNO4. The Morgan fingerprint density at radius 2 is 2.17 bits per heavy atom. The minimum Gasteiger partial charge on any atom is -0.480 e. The Labute approximate surface area is 112 Å². The van der Waals surface area contributed by atoms with Gasteiger partial charge in [-0.25, -0.2) is 9.59 Å². The monoisotopic (exact) mass is 313 g/mol. The summed E-state index contributed by atoms with van der Waals surface area (Å²) < 4.78 is 5.87. The van der Waals surface area contributed by atoms with E-state index >= 15 is 0 Å². The maximum Gasteiger partial charge on any atom is 0.415 e. The summed E-state index contributed by atoms with van der Waals surface area (Å²) in [7, 11) is 0. The highest BCUT2D eigenvalue weighted by atomic mass is 79.9. The molecule has 2 rings (SSSR count). The van der Waals surface area contributed by atoms with Crippen molar-refractivity contribution in [2.45, 2.75) is 26.0 Å². The van der Waals surface area contributed by atoms with Gasteiger partial charge >= 0.3 is 12.1 Å². The summed E-state index contributed by atoms with van der Waals surface area (Å²) >= 11 is 3.36. The Morgan fingerprint density at radius 1 is 1.50 bits per heavy atom. The van der Waals surface area contributed by atoms with E-state index in [-0.39, 0.29) is 0 Å². The summed E-state index contributed by atoms with van der Waals surface area (Å²) in [5.41, 5.74) is 1.45. The van der Waals surface area contributed by atoms with Crippen LogP contribution < -0.4 is 4.90 Å². The number of halogens is 1. The van der Waals surface area contributed by atoms with E-state index in [2.05, 4.69) is 15.9 Å². The number of ether oxygens (including phenoxy) is 1. The summed E-state index contributed by atoms with van der Waals surface area (Å²) in [6.45, 7) is 3.44. The Morgan fingerprint density at radius 3 is 2.72 bits per heavy atom. The van der Waals surface area contributed by atoms with Crippen molar-refractivity contribution in [2.75, 3.05) is 4.90 Å². The number of carbonyl (C=O) groups is 2. The zero-order chi connectivity index (χ0) is 13.4. The number of aliphatic carboxylic acids is 1. The molecule has 0 radical (unpaired) electrons. The fourth-order valence-corrected chi connectivity index (χ4v) is 2.21. The van der Waals surface area contributed by atoms with Gasteiger partial charge in [0.25, 0.3) is 0 Å². The zero-order valence-corrected chi connectivity index (χ0v) is 11.5. The van der Waals surface area contributed by atoms with Crippen LogP contribution in [-0.2, 0) is 9.53 Å². The normalized spacial score (nSPS) is 23.1. The lowest BCUT2D eigenvalue weighted by molar-refractivity contribution is -0.139. The van der Waals surface area contributed by atoms with Crippen LogP contribution in [0.3, 0.4) is 0 Å². The number of amides is 1. The highest BCUT2D eigenvalue weighted by molar-refractivity contribution is 9.10. The first-order chi connectivity index (χ1) is 8.41. The molecule has 1 fully saturated rings. The molecule has 5 nitrogen and oxygen atoms in total. The third-order valence-corrected chi connectivity index (χ3v) is 3.77. The van der Waals surface area contributed by atoms with Crippen LogP contribution in [0.4, 0.5) is 10.5 Å². The first kappa shape index (κ1) is 12.9. The van der Waals surface area contributed by atoms with Crippen molar-refractivity contribution in [1.29, 1.82) is 0 Å². The van der Waals surface area contributed by atoms with Gasteiger partial charge in [0.15, 0.2) is 6.04 Å². The SMILES string of the molecule is Cc1cc(N2C(=O)OC(C)C2C(=O)O)ccc1Br. The summed E-state index contributed by atoms with van der Waals surface area (Å²) in [5, 5.41) is 9.17. The molecule has 1 aromatic carbocycles. The third-order valence-electron chi connectivity index (χ3n) is 2.88.